The van der Waals surface area contributed by atoms with Crippen molar-refractivity contribution in [3.05, 3.63) is 39.4 Å². The van der Waals surface area contributed by atoms with Gasteiger partial charge in [-0.25, -0.2) is 0 Å². The summed E-state index contributed by atoms with van der Waals surface area (Å²) in [5, 5.41) is 10.0. The molecule has 0 saturated carbocycles. The molecule has 0 heterocycles. The molecular weight excluding hydrogens is 207 g/mol. The van der Waals surface area contributed by atoms with Crippen LogP contribution in [0, 0.1) is 0 Å². The van der Waals surface area contributed by atoms with Crippen LogP contribution >= 0.6 is 23.2 Å². The van der Waals surface area contributed by atoms with Crippen LogP contribution in [-0.2, 0) is 0 Å². The Morgan fingerprint density at radius 2 is 2.15 bits per heavy atom. The zero-order valence-electron chi connectivity index (χ0n) is 7.22. The van der Waals surface area contributed by atoms with E-state index in [2.05, 4.69) is 0 Å². The van der Waals surface area contributed by atoms with Gasteiger partial charge < -0.3 is 5.11 Å². The van der Waals surface area contributed by atoms with Crippen molar-refractivity contribution >= 4 is 29.3 Å². The van der Waals surface area contributed by atoms with Crippen LogP contribution in [0.2, 0.25) is 10.0 Å². The second-order valence-electron chi connectivity index (χ2n) is 2.81. The lowest BCUT2D eigenvalue weighted by molar-refractivity contribution is 0.332. The molecule has 70 valence electrons. The summed E-state index contributed by atoms with van der Waals surface area (Å²) >= 11 is 11.7. The third-order valence-corrected chi connectivity index (χ3v) is 2.18. The monoisotopic (exact) mass is 216 g/mol. The van der Waals surface area contributed by atoms with Gasteiger partial charge in [-0.2, -0.15) is 0 Å². The fourth-order valence-corrected chi connectivity index (χ4v) is 1.39. The van der Waals surface area contributed by atoms with Gasteiger partial charge in [0, 0.05) is 10.0 Å². The maximum absolute atomic E-state index is 8.80. The highest BCUT2D eigenvalue weighted by Gasteiger charge is 1.98. The SMILES string of the molecule is CC(=Cc1ccc(Cl)cc1Cl)CO. The minimum absolute atomic E-state index is 0.0406. The molecule has 0 atom stereocenters. The van der Waals surface area contributed by atoms with E-state index in [1.807, 2.05) is 19.1 Å². The van der Waals surface area contributed by atoms with Gasteiger partial charge >= 0.3 is 0 Å². The van der Waals surface area contributed by atoms with Gasteiger partial charge in [-0.15, -0.1) is 0 Å². The Hall–Kier alpha value is -0.500. The molecule has 0 unspecified atom stereocenters. The molecule has 0 spiro atoms. The normalized spacial score (nSPS) is 11.8. The Morgan fingerprint density at radius 1 is 1.46 bits per heavy atom. The highest BCUT2D eigenvalue weighted by atomic mass is 35.5. The number of rotatable bonds is 2. The lowest BCUT2D eigenvalue weighted by Gasteiger charge is -2.00. The molecule has 0 aliphatic rings. The fourth-order valence-electron chi connectivity index (χ4n) is 0.930. The molecule has 13 heavy (non-hydrogen) atoms. The largest absolute Gasteiger partial charge is 0.392 e. The van der Waals surface area contributed by atoms with Gasteiger partial charge in [0.2, 0.25) is 0 Å². The number of benzene rings is 1. The molecule has 0 aliphatic heterocycles. The van der Waals surface area contributed by atoms with E-state index >= 15 is 0 Å². The van der Waals surface area contributed by atoms with E-state index in [0.29, 0.717) is 10.0 Å². The van der Waals surface area contributed by atoms with Crippen molar-refractivity contribution in [2.75, 3.05) is 6.61 Å². The molecule has 0 saturated heterocycles. The molecule has 0 radical (unpaired) electrons. The Kier molecular flexibility index (Phi) is 3.79. The quantitative estimate of drug-likeness (QED) is 0.804. The maximum Gasteiger partial charge on any atom is 0.0642 e. The topological polar surface area (TPSA) is 20.2 Å². The molecule has 1 nitrogen and oxygen atoms in total. The molecule has 1 aromatic carbocycles. The molecule has 0 aliphatic carbocycles. The smallest absolute Gasteiger partial charge is 0.0642 e. The zero-order chi connectivity index (χ0) is 9.84. The van der Waals surface area contributed by atoms with Crippen molar-refractivity contribution in [2.45, 2.75) is 6.92 Å². The number of halogens is 2. The Morgan fingerprint density at radius 3 is 2.69 bits per heavy atom. The lowest BCUT2D eigenvalue weighted by atomic mass is 10.1. The first-order chi connectivity index (χ1) is 6.13. The molecule has 0 bridgehead atoms. The minimum atomic E-state index is 0.0406. The van der Waals surface area contributed by atoms with Crippen LogP contribution in [0.4, 0.5) is 0 Å². The molecule has 0 aromatic heterocycles. The van der Waals surface area contributed by atoms with Crippen LogP contribution < -0.4 is 0 Å². The predicted octanol–water partition coefficient (Wildman–Crippen LogP) is 3.39. The van der Waals surface area contributed by atoms with E-state index in [0.717, 1.165) is 11.1 Å². The molecule has 0 amide bonds. The van der Waals surface area contributed by atoms with E-state index in [9.17, 15) is 0 Å². The van der Waals surface area contributed by atoms with Gasteiger partial charge in [-0.05, 0) is 30.2 Å². The average Bonchev–Trinajstić information content (AvgIpc) is 2.09. The summed E-state index contributed by atoms with van der Waals surface area (Å²) in [7, 11) is 0. The van der Waals surface area contributed by atoms with E-state index < -0.39 is 0 Å². The number of aliphatic hydroxyl groups excluding tert-OH is 1. The van der Waals surface area contributed by atoms with Gasteiger partial charge in [0.15, 0.2) is 0 Å². The summed E-state index contributed by atoms with van der Waals surface area (Å²) in [4.78, 5) is 0. The molecule has 0 fully saturated rings. The van der Waals surface area contributed by atoms with Gasteiger partial charge in [0.05, 0.1) is 6.61 Å². The number of hydrogen-bond acceptors (Lipinski definition) is 1. The summed E-state index contributed by atoms with van der Waals surface area (Å²) in [6.45, 7) is 1.88. The summed E-state index contributed by atoms with van der Waals surface area (Å²) < 4.78 is 0. The number of aliphatic hydroxyl groups is 1. The van der Waals surface area contributed by atoms with Gasteiger partial charge in [0.25, 0.3) is 0 Å². The first-order valence-electron chi connectivity index (χ1n) is 3.86. The van der Waals surface area contributed by atoms with Crippen LogP contribution in [0.25, 0.3) is 6.08 Å². The first kappa shape index (κ1) is 10.6. The average molecular weight is 217 g/mol. The molecule has 1 N–H and O–H groups in total. The summed E-state index contributed by atoms with van der Waals surface area (Å²) in [6.07, 6.45) is 1.83. The first-order valence-corrected chi connectivity index (χ1v) is 4.62. The van der Waals surface area contributed by atoms with Crippen molar-refractivity contribution in [2.24, 2.45) is 0 Å². The van der Waals surface area contributed by atoms with Gasteiger partial charge in [-0.1, -0.05) is 35.3 Å². The van der Waals surface area contributed by atoms with Crippen molar-refractivity contribution in [1.82, 2.24) is 0 Å². The standard InChI is InChI=1S/C10H10Cl2O/c1-7(6-13)4-8-2-3-9(11)5-10(8)12/h2-5,13H,6H2,1H3. The second kappa shape index (κ2) is 4.66. The van der Waals surface area contributed by atoms with Gasteiger partial charge in [0.1, 0.15) is 0 Å². The Bertz CT molecular complexity index is 332. The number of hydrogen-bond donors (Lipinski definition) is 1. The fraction of sp³-hybridized carbons (Fsp3) is 0.200. The molecular formula is C10H10Cl2O. The van der Waals surface area contributed by atoms with Crippen LogP contribution in [0.15, 0.2) is 23.8 Å². The summed E-state index contributed by atoms with van der Waals surface area (Å²) in [5.74, 6) is 0. The van der Waals surface area contributed by atoms with Crippen molar-refractivity contribution in [1.29, 1.82) is 0 Å². The predicted molar refractivity (Wildman–Crippen MR) is 57.2 cm³/mol. The van der Waals surface area contributed by atoms with E-state index in [-0.39, 0.29) is 6.61 Å². The van der Waals surface area contributed by atoms with E-state index in [1.54, 1.807) is 12.1 Å². The Labute approximate surface area is 87.6 Å². The summed E-state index contributed by atoms with van der Waals surface area (Å²) in [5.41, 5.74) is 1.74. The summed E-state index contributed by atoms with van der Waals surface area (Å²) in [6, 6.07) is 5.27. The van der Waals surface area contributed by atoms with Crippen molar-refractivity contribution < 1.29 is 5.11 Å². The van der Waals surface area contributed by atoms with Crippen LogP contribution in [0.3, 0.4) is 0 Å². The minimum Gasteiger partial charge on any atom is -0.392 e. The second-order valence-corrected chi connectivity index (χ2v) is 3.66. The third kappa shape index (κ3) is 3.03. The lowest BCUT2D eigenvalue weighted by Crippen LogP contribution is -1.84. The van der Waals surface area contributed by atoms with E-state index in [1.165, 1.54) is 0 Å². The van der Waals surface area contributed by atoms with E-state index in [4.69, 9.17) is 28.3 Å². The molecule has 1 aromatic rings. The van der Waals surface area contributed by atoms with Crippen LogP contribution in [-0.4, -0.2) is 11.7 Å². The van der Waals surface area contributed by atoms with Gasteiger partial charge in [-0.3, -0.25) is 0 Å². The third-order valence-electron chi connectivity index (χ3n) is 1.61. The molecule has 1 rings (SSSR count). The zero-order valence-corrected chi connectivity index (χ0v) is 8.73. The van der Waals surface area contributed by atoms with Crippen molar-refractivity contribution in [3.8, 4) is 0 Å². The highest BCUT2D eigenvalue weighted by molar-refractivity contribution is 6.35. The molecule has 3 heteroatoms. The highest BCUT2D eigenvalue weighted by Crippen LogP contribution is 2.22. The maximum atomic E-state index is 8.80. The Balaban J connectivity index is 3.03. The van der Waals surface area contributed by atoms with Crippen LogP contribution in [0.5, 0.6) is 0 Å². The van der Waals surface area contributed by atoms with Crippen molar-refractivity contribution in [3.63, 3.8) is 0 Å². The van der Waals surface area contributed by atoms with Crippen LogP contribution in [0.1, 0.15) is 12.5 Å².